The zero-order valence-corrected chi connectivity index (χ0v) is 10.8. The molecule has 1 aromatic rings. The van der Waals surface area contributed by atoms with Crippen LogP contribution in [0.5, 0.6) is 0 Å². The summed E-state index contributed by atoms with van der Waals surface area (Å²) >= 11 is 9.04. The summed E-state index contributed by atoms with van der Waals surface area (Å²) in [5.74, 6) is 0.661. The van der Waals surface area contributed by atoms with Crippen molar-refractivity contribution in [2.45, 2.75) is 6.10 Å². The molecule has 1 atom stereocenters. The summed E-state index contributed by atoms with van der Waals surface area (Å²) in [5, 5.41) is 3.35. The van der Waals surface area contributed by atoms with Crippen LogP contribution in [-0.4, -0.2) is 42.4 Å². The molecule has 0 bridgehead atoms. The number of hydrogen-bond acceptors (Lipinski definition) is 5. The fourth-order valence-corrected chi connectivity index (χ4v) is 1.80. The zero-order chi connectivity index (χ0) is 11.4. The van der Waals surface area contributed by atoms with Crippen molar-refractivity contribution < 1.29 is 9.47 Å². The normalized spacial score (nSPS) is 20.8. The van der Waals surface area contributed by atoms with Crippen LogP contribution in [0.3, 0.4) is 0 Å². The molecule has 1 aliphatic rings. The third-order valence-corrected chi connectivity index (χ3v) is 2.86. The number of anilines is 1. The summed E-state index contributed by atoms with van der Waals surface area (Å²) in [6.45, 7) is 2.53. The van der Waals surface area contributed by atoms with Gasteiger partial charge in [0.25, 0.3) is 0 Å². The summed E-state index contributed by atoms with van der Waals surface area (Å²) in [6, 6.07) is 0. The van der Waals surface area contributed by atoms with Gasteiger partial charge in [-0.2, -0.15) is 4.98 Å². The second-order valence-electron chi connectivity index (χ2n) is 3.28. The van der Waals surface area contributed by atoms with E-state index in [1.165, 1.54) is 0 Å². The Hall–Kier alpha value is -0.430. The minimum Gasteiger partial charge on any atom is -0.376 e. The molecule has 0 aliphatic carbocycles. The van der Waals surface area contributed by atoms with Crippen molar-refractivity contribution in [2.24, 2.45) is 0 Å². The SMILES string of the molecule is Clc1ncc(Br)c(NCC2COCCO2)n1. The average molecular weight is 309 g/mol. The molecule has 16 heavy (non-hydrogen) atoms. The highest BCUT2D eigenvalue weighted by Gasteiger charge is 2.14. The molecule has 0 spiro atoms. The summed E-state index contributed by atoms with van der Waals surface area (Å²) in [5.41, 5.74) is 0. The van der Waals surface area contributed by atoms with E-state index in [1.807, 2.05) is 0 Å². The lowest BCUT2D eigenvalue weighted by molar-refractivity contribution is -0.0819. The van der Waals surface area contributed by atoms with Gasteiger partial charge in [-0.25, -0.2) is 4.98 Å². The Morgan fingerprint density at radius 1 is 1.56 bits per heavy atom. The van der Waals surface area contributed by atoms with Crippen LogP contribution in [0.4, 0.5) is 5.82 Å². The Balaban J connectivity index is 1.90. The van der Waals surface area contributed by atoms with E-state index in [4.69, 9.17) is 21.1 Å². The molecule has 88 valence electrons. The van der Waals surface area contributed by atoms with Crippen LogP contribution in [0.25, 0.3) is 0 Å². The molecule has 0 amide bonds. The standard InChI is InChI=1S/C9H11BrClN3O2/c10-7-4-13-9(11)14-8(7)12-3-6-5-15-1-2-16-6/h4,6H,1-3,5H2,(H,12,13,14). The van der Waals surface area contributed by atoms with E-state index in [1.54, 1.807) is 6.20 Å². The van der Waals surface area contributed by atoms with E-state index < -0.39 is 0 Å². The minimum absolute atomic E-state index is 0.0504. The molecule has 1 fully saturated rings. The first-order valence-electron chi connectivity index (χ1n) is 4.87. The van der Waals surface area contributed by atoms with Crippen molar-refractivity contribution in [3.63, 3.8) is 0 Å². The summed E-state index contributed by atoms with van der Waals surface area (Å²) in [7, 11) is 0. The molecule has 0 saturated carbocycles. The highest BCUT2D eigenvalue weighted by atomic mass is 79.9. The lowest BCUT2D eigenvalue weighted by atomic mass is 10.3. The fraction of sp³-hybridized carbons (Fsp3) is 0.556. The fourth-order valence-electron chi connectivity index (χ4n) is 1.33. The first-order chi connectivity index (χ1) is 7.75. The number of nitrogens with one attached hydrogen (secondary N) is 1. The van der Waals surface area contributed by atoms with Gasteiger partial charge >= 0.3 is 0 Å². The number of rotatable bonds is 3. The Kier molecular flexibility index (Phi) is 4.34. The maximum Gasteiger partial charge on any atom is 0.224 e. The molecule has 0 radical (unpaired) electrons. The van der Waals surface area contributed by atoms with Gasteiger partial charge in [-0.05, 0) is 27.5 Å². The van der Waals surface area contributed by atoms with Crippen LogP contribution < -0.4 is 5.32 Å². The molecule has 1 unspecified atom stereocenters. The van der Waals surface area contributed by atoms with Crippen molar-refractivity contribution in [1.82, 2.24) is 9.97 Å². The second kappa shape index (κ2) is 5.77. The molecule has 1 N–H and O–H groups in total. The highest BCUT2D eigenvalue weighted by molar-refractivity contribution is 9.10. The van der Waals surface area contributed by atoms with Crippen LogP contribution in [0, 0.1) is 0 Å². The Morgan fingerprint density at radius 3 is 3.19 bits per heavy atom. The molecular weight excluding hydrogens is 297 g/mol. The molecular formula is C9H11BrClN3O2. The van der Waals surface area contributed by atoms with Crippen LogP contribution >= 0.6 is 27.5 Å². The molecule has 2 rings (SSSR count). The smallest absolute Gasteiger partial charge is 0.224 e. The Bertz CT molecular complexity index is 361. The number of halogens is 2. The third kappa shape index (κ3) is 3.28. The van der Waals surface area contributed by atoms with E-state index in [0.717, 1.165) is 4.47 Å². The number of ether oxygens (including phenoxy) is 2. The van der Waals surface area contributed by atoms with Crippen molar-refractivity contribution in [3.05, 3.63) is 16.0 Å². The van der Waals surface area contributed by atoms with Crippen molar-refractivity contribution in [3.8, 4) is 0 Å². The minimum atomic E-state index is 0.0504. The first kappa shape index (κ1) is 12.0. The van der Waals surface area contributed by atoms with Gasteiger partial charge in [0.05, 0.1) is 30.4 Å². The van der Waals surface area contributed by atoms with Gasteiger partial charge in [0.15, 0.2) is 0 Å². The van der Waals surface area contributed by atoms with Gasteiger partial charge in [-0.3, -0.25) is 0 Å². The topological polar surface area (TPSA) is 56.3 Å². The monoisotopic (exact) mass is 307 g/mol. The van der Waals surface area contributed by atoms with E-state index in [9.17, 15) is 0 Å². The van der Waals surface area contributed by atoms with Gasteiger partial charge in [-0.1, -0.05) is 0 Å². The second-order valence-corrected chi connectivity index (χ2v) is 4.48. The van der Waals surface area contributed by atoms with Gasteiger partial charge in [0.1, 0.15) is 5.82 Å². The van der Waals surface area contributed by atoms with E-state index in [-0.39, 0.29) is 11.4 Å². The summed E-state index contributed by atoms with van der Waals surface area (Å²) in [6.07, 6.45) is 1.66. The highest BCUT2D eigenvalue weighted by Crippen LogP contribution is 2.20. The van der Waals surface area contributed by atoms with Gasteiger partial charge < -0.3 is 14.8 Å². The third-order valence-electron chi connectivity index (χ3n) is 2.10. The molecule has 7 heteroatoms. The van der Waals surface area contributed by atoms with Crippen molar-refractivity contribution in [1.29, 1.82) is 0 Å². The molecule has 1 saturated heterocycles. The Labute approximate surface area is 107 Å². The quantitative estimate of drug-likeness (QED) is 0.862. The van der Waals surface area contributed by atoms with Gasteiger partial charge in [0.2, 0.25) is 5.28 Å². The number of nitrogens with zero attached hydrogens (tertiary/aromatic N) is 2. The van der Waals surface area contributed by atoms with E-state index in [0.29, 0.717) is 32.2 Å². The maximum absolute atomic E-state index is 5.70. The lowest BCUT2D eigenvalue weighted by Gasteiger charge is -2.23. The van der Waals surface area contributed by atoms with Crippen LogP contribution in [0.2, 0.25) is 5.28 Å². The van der Waals surface area contributed by atoms with Gasteiger partial charge in [0, 0.05) is 12.7 Å². The van der Waals surface area contributed by atoms with E-state index in [2.05, 4.69) is 31.2 Å². The molecule has 2 heterocycles. The van der Waals surface area contributed by atoms with Crippen LogP contribution in [0.15, 0.2) is 10.7 Å². The number of aromatic nitrogens is 2. The maximum atomic E-state index is 5.70. The van der Waals surface area contributed by atoms with Crippen molar-refractivity contribution >= 4 is 33.3 Å². The predicted octanol–water partition coefficient (Wildman–Crippen LogP) is 1.72. The lowest BCUT2D eigenvalue weighted by Crippen LogP contribution is -2.34. The summed E-state index contributed by atoms with van der Waals surface area (Å²) in [4.78, 5) is 7.90. The molecule has 1 aromatic heterocycles. The molecule has 1 aliphatic heterocycles. The molecule has 5 nitrogen and oxygen atoms in total. The largest absolute Gasteiger partial charge is 0.376 e. The first-order valence-corrected chi connectivity index (χ1v) is 6.04. The number of hydrogen-bond donors (Lipinski definition) is 1. The van der Waals surface area contributed by atoms with Crippen LogP contribution in [0.1, 0.15) is 0 Å². The summed E-state index contributed by atoms with van der Waals surface area (Å²) < 4.78 is 11.6. The molecule has 0 aromatic carbocycles. The Morgan fingerprint density at radius 2 is 2.44 bits per heavy atom. The van der Waals surface area contributed by atoms with Gasteiger partial charge in [-0.15, -0.1) is 0 Å². The zero-order valence-electron chi connectivity index (χ0n) is 8.45. The van der Waals surface area contributed by atoms with Crippen molar-refractivity contribution in [2.75, 3.05) is 31.7 Å². The average Bonchev–Trinajstić information content (AvgIpc) is 2.32. The van der Waals surface area contributed by atoms with Crippen LogP contribution in [-0.2, 0) is 9.47 Å². The van der Waals surface area contributed by atoms with E-state index >= 15 is 0 Å². The predicted molar refractivity (Wildman–Crippen MR) is 63.8 cm³/mol.